The Balaban J connectivity index is 2.85. The van der Waals surface area contributed by atoms with Crippen molar-refractivity contribution < 1.29 is 5.11 Å². The monoisotopic (exact) mass is 162 g/mol. The highest BCUT2D eigenvalue weighted by Gasteiger charge is 2.01. The second-order valence-electron chi connectivity index (χ2n) is 1.82. The molecule has 9 heavy (non-hydrogen) atoms. The maximum absolute atomic E-state index is 8.99. The number of aliphatic hydroxyl groups excluding tert-OH is 1. The van der Waals surface area contributed by atoms with E-state index in [0.717, 1.165) is 9.21 Å². The van der Waals surface area contributed by atoms with E-state index < -0.39 is 0 Å². The van der Waals surface area contributed by atoms with Crippen LogP contribution in [0, 0.1) is 0 Å². The lowest BCUT2D eigenvalue weighted by molar-refractivity contribution is 0.203. The SMILES string of the molecule is CC(O)c1ccc(Cl)s1. The minimum atomic E-state index is -0.387. The molecule has 1 aromatic heterocycles. The van der Waals surface area contributed by atoms with E-state index in [-0.39, 0.29) is 6.10 Å². The van der Waals surface area contributed by atoms with E-state index in [1.165, 1.54) is 11.3 Å². The molecule has 0 radical (unpaired) electrons. The standard InChI is InChI=1S/C6H7ClOS/c1-4(8)5-2-3-6(7)9-5/h2-4,8H,1H3. The van der Waals surface area contributed by atoms with E-state index in [0.29, 0.717) is 0 Å². The van der Waals surface area contributed by atoms with E-state index in [9.17, 15) is 0 Å². The first-order chi connectivity index (χ1) is 4.20. The van der Waals surface area contributed by atoms with Gasteiger partial charge in [0.2, 0.25) is 0 Å². The third-order valence-electron chi connectivity index (χ3n) is 1.01. The van der Waals surface area contributed by atoms with Crippen molar-refractivity contribution in [3.8, 4) is 0 Å². The van der Waals surface area contributed by atoms with Gasteiger partial charge in [-0.05, 0) is 19.1 Å². The number of aliphatic hydroxyl groups is 1. The van der Waals surface area contributed by atoms with Crippen LogP contribution in [-0.4, -0.2) is 5.11 Å². The van der Waals surface area contributed by atoms with Crippen LogP contribution in [0.5, 0.6) is 0 Å². The van der Waals surface area contributed by atoms with Gasteiger partial charge in [-0.3, -0.25) is 0 Å². The molecule has 0 aromatic carbocycles. The first kappa shape index (κ1) is 7.06. The first-order valence-electron chi connectivity index (χ1n) is 2.63. The minimum Gasteiger partial charge on any atom is -0.388 e. The molecule has 0 bridgehead atoms. The highest BCUT2D eigenvalue weighted by atomic mass is 35.5. The highest BCUT2D eigenvalue weighted by Crippen LogP contribution is 2.25. The predicted octanol–water partition coefficient (Wildman–Crippen LogP) is 2.45. The van der Waals surface area contributed by atoms with Crippen LogP contribution in [0.2, 0.25) is 4.34 Å². The molecule has 3 heteroatoms. The van der Waals surface area contributed by atoms with Gasteiger partial charge < -0.3 is 5.11 Å². The van der Waals surface area contributed by atoms with Gasteiger partial charge in [0.1, 0.15) is 0 Å². The number of rotatable bonds is 1. The molecule has 0 aliphatic rings. The summed E-state index contributed by atoms with van der Waals surface area (Å²) in [5.74, 6) is 0. The Kier molecular flexibility index (Phi) is 2.11. The number of thiophene rings is 1. The Morgan fingerprint density at radius 2 is 2.33 bits per heavy atom. The Labute approximate surface area is 62.9 Å². The molecular formula is C6H7ClOS. The lowest BCUT2D eigenvalue weighted by Crippen LogP contribution is -1.82. The van der Waals surface area contributed by atoms with Crippen LogP contribution in [0.4, 0.5) is 0 Å². The van der Waals surface area contributed by atoms with Gasteiger partial charge in [-0.1, -0.05) is 11.6 Å². The van der Waals surface area contributed by atoms with E-state index in [4.69, 9.17) is 16.7 Å². The van der Waals surface area contributed by atoms with Crippen molar-refractivity contribution in [1.82, 2.24) is 0 Å². The summed E-state index contributed by atoms with van der Waals surface area (Å²) in [7, 11) is 0. The van der Waals surface area contributed by atoms with Crippen LogP contribution in [0.25, 0.3) is 0 Å². The number of halogens is 1. The van der Waals surface area contributed by atoms with Gasteiger partial charge in [0.25, 0.3) is 0 Å². The zero-order valence-corrected chi connectivity index (χ0v) is 6.54. The third-order valence-corrected chi connectivity index (χ3v) is 2.41. The van der Waals surface area contributed by atoms with Gasteiger partial charge in [-0.15, -0.1) is 11.3 Å². The summed E-state index contributed by atoms with van der Waals surface area (Å²) in [6, 6.07) is 3.62. The summed E-state index contributed by atoms with van der Waals surface area (Å²) in [4.78, 5) is 0.917. The topological polar surface area (TPSA) is 20.2 Å². The molecule has 0 aliphatic carbocycles. The average molecular weight is 163 g/mol. The van der Waals surface area contributed by atoms with Crippen LogP contribution in [0.1, 0.15) is 17.9 Å². The van der Waals surface area contributed by atoms with Crippen molar-refractivity contribution >= 4 is 22.9 Å². The molecule has 1 nitrogen and oxygen atoms in total. The smallest absolute Gasteiger partial charge is 0.0932 e. The van der Waals surface area contributed by atoms with Crippen molar-refractivity contribution in [3.05, 3.63) is 21.3 Å². The predicted molar refractivity (Wildman–Crippen MR) is 40.0 cm³/mol. The van der Waals surface area contributed by atoms with Crippen molar-refractivity contribution in [1.29, 1.82) is 0 Å². The molecule has 50 valence electrons. The lowest BCUT2D eigenvalue weighted by atomic mass is 10.3. The Hall–Kier alpha value is -0.0500. The van der Waals surface area contributed by atoms with Gasteiger partial charge in [0.05, 0.1) is 10.4 Å². The molecule has 1 rings (SSSR count). The zero-order chi connectivity index (χ0) is 6.85. The fourth-order valence-corrected chi connectivity index (χ4v) is 1.55. The number of hydrogen-bond donors (Lipinski definition) is 1. The normalized spacial score (nSPS) is 13.7. The average Bonchev–Trinajstić information content (AvgIpc) is 2.14. The van der Waals surface area contributed by atoms with Crippen LogP contribution in [0.3, 0.4) is 0 Å². The summed E-state index contributed by atoms with van der Waals surface area (Å²) >= 11 is 7.02. The molecule has 0 aliphatic heterocycles. The minimum absolute atomic E-state index is 0.387. The van der Waals surface area contributed by atoms with E-state index >= 15 is 0 Å². The first-order valence-corrected chi connectivity index (χ1v) is 3.83. The molecule has 0 spiro atoms. The van der Waals surface area contributed by atoms with Gasteiger partial charge in [-0.2, -0.15) is 0 Å². The van der Waals surface area contributed by atoms with Gasteiger partial charge in [-0.25, -0.2) is 0 Å². The Morgan fingerprint density at radius 3 is 2.56 bits per heavy atom. The second kappa shape index (κ2) is 2.69. The molecule has 1 N–H and O–H groups in total. The number of hydrogen-bond acceptors (Lipinski definition) is 2. The summed E-state index contributed by atoms with van der Waals surface area (Å²) in [5, 5.41) is 8.99. The van der Waals surface area contributed by atoms with E-state index in [1.807, 2.05) is 6.07 Å². The summed E-state index contributed by atoms with van der Waals surface area (Å²) in [6.45, 7) is 1.72. The molecule has 1 unspecified atom stereocenters. The van der Waals surface area contributed by atoms with Crippen LogP contribution >= 0.6 is 22.9 Å². The van der Waals surface area contributed by atoms with Gasteiger partial charge in [0, 0.05) is 4.88 Å². The maximum atomic E-state index is 8.99. The summed E-state index contributed by atoms with van der Waals surface area (Å²) in [6.07, 6.45) is -0.387. The third kappa shape index (κ3) is 1.68. The fraction of sp³-hybridized carbons (Fsp3) is 0.333. The molecule has 0 amide bonds. The van der Waals surface area contributed by atoms with Gasteiger partial charge >= 0.3 is 0 Å². The molecule has 1 aromatic rings. The lowest BCUT2D eigenvalue weighted by Gasteiger charge is -1.95. The van der Waals surface area contributed by atoms with Crippen molar-refractivity contribution in [3.63, 3.8) is 0 Å². The molecule has 1 heterocycles. The summed E-state index contributed by atoms with van der Waals surface area (Å²) in [5.41, 5.74) is 0. The van der Waals surface area contributed by atoms with Gasteiger partial charge in [0.15, 0.2) is 0 Å². The Morgan fingerprint density at radius 1 is 1.67 bits per heavy atom. The van der Waals surface area contributed by atoms with Crippen molar-refractivity contribution in [2.24, 2.45) is 0 Å². The van der Waals surface area contributed by atoms with E-state index in [2.05, 4.69) is 0 Å². The molecule has 0 saturated heterocycles. The van der Waals surface area contributed by atoms with Crippen LogP contribution < -0.4 is 0 Å². The fourth-order valence-electron chi connectivity index (χ4n) is 0.553. The van der Waals surface area contributed by atoms with Crippen molar-refractivity contribution in [2.45, 2.75) is 13.0 Å². The molecule has 0 fully saturated rings. The zero-order valence-electron chi connectivity index (χ0n) is 4.97. The highest BCUT2D eigenvalue weighted by molar-refractivity contribution is 7.16. The molecule has 0 saturated carbocycles. The Bertz CT molecular complexity index is 195. The van der Waals surface area contributed by atoms with Crippen LogP contribution in [0.15, 0.2) is 12.1 Å². The molecule has 1 atom stereocenters. The largest absolute Gasteiger partial charge is 0.388 e. The van der Waals surface area contributed by atoms with E-state index in [1.54, 1.807) is 13.0 Å². The van der Waals surface area contributed by atoms with Crippen molar-refractivity contribution in [2.75, 3.05) is 0 Å². The van der Waals surface area contributed by atoms with Crippen LogP contribution in [-0.2, 0) is 0 Å². The quantitative estimate of drug-likeness (QED) is 0.673. The maximum Gasteiger partial charge on any atom is 0.0932 e. The molecular weight excluding hydrogens is 156 g/mol. The summed E-state index contributed by atoms with van der Waals surface area (Å²) < 4.78 is 0.728. The second-order valence-corrected chi connectivity index (χ2v) is 3.56.